The second kappa shape index (κ2) is 36.1. The minimum absolute atomic E-state index is 0.0613. The van der Waals surface area contributed by atoms with E-state index < -0.39 is 45.1 Å². The molecule has 4 N–H and O–H groups in total. The number of esters is 2. The molecule has 0 saturated carbocycles. The van der Waals surface area contributed by atoms with Gasteiger partial charge >= 0.3 is 45.1 Å². The SMILES string of the molecule is C=CC(=O)OCCOC(=O)Nc1cccc(Cc2cccc(NC(=O)OCC=CCCC(CC=CCOC(=O)Nc3cccc(Cc4cccc(NC(=O)OCCOC(=O)C=C)c4)c3)CC[Si](OCC)(OCC)OCC)c2)c1. The molecule has 4 rings (SSSR count). The normalized spacial score (nSPS) is 11.5. The highest BCUT2D eigenvalue weighted by Crippen LogP contribution is 2.27. The summed E-state index contributed by atoms with van der Waals surface area (Å²) >= 11 is 0. The van der Waals surface area contributed by atoms with Crippen LogP contribution in [0.1, 0.15) is 68.7 Å². The molecular weight excluding hydrogens is 1020 g/mol. The highest BCUT2D eigenvalue weighted by Gasteiger charge is 2.40. The van der Waals surface area contributed by atoms with Crippen molar-refractivity contribution in [3.05, 3.63) is 169 Å². The van der Waals surface area contributed by atoms with Crippen LogP contribution in [0.3, 0.4) is 0 Å². The van der Waals surface area contributed by atoms with Gasteiger partial charge in [0.1, 0.15) is 39.6 Å². The summed E-state index contributed by atoms with van der Waals surface area (Å²) in [5.74, 6) is -0.997. The van der Waals surface area contributed by atoms with Crippen LogP contribution >= 0.6 is 0 Å². The monoisotopic (exact) mass is 1090 g/mol. The molecule has 0 saturated heterocycles. The zero-order valence-electron chi connectivity index (χ0n) is 44.6. The van der Waals surface area contributed by atoms with Crippen molar-refractivity contribution in [1.29, 1.82) is 0 Å². The average molecular weight is 1090 g/mol. The van der Waals surface area contributed by atoms with E-state index in [4.69, 9.17) is 41.7 Å². The summed E-state index contributed by atoms with van der Waals surface area (Å²) in [5, 5.41) is 10.9. The maximum absolute atomic E-state index is 12.8. The lowest BCUT2D eigenvalue weighted by Crippen LogP contribution is -2.46. The molecule has 0 aromatic heterocycles. The molecule has 0 aliphatic rings. The number of ether oxygens (including phenoxy) is 6. The van der Waals surface area contributed by atoms with Crippen LogP contribution in [-0.4, -0.2) is 105 Å². The minimum atomic E-state index is -2.90. The van der Waals surface area contributed by atoms with Crippen molar-refractivity contribution in [3.63, 3.8) is 0 Å². The van der Waals surface area contributed by atoms with Gasteiger partial charge in [-0.05, 0) is 136 Å². The van der Waals surface area contributed by atoms with Crippen LogP contribution < -0.4 is 21.3 Å². The second-order valence-electron chi connectivity index (χ2n) is 17.0. The van der Waals surface area contributed by atoms with Crippen LogP contribution in [0.2, 0.25) is 6.04 Å². The van der Waals surface area contributed by atoms with Crippen molar-refractivity contribution >= 4 is 67.9 Å². The summed E-state index contributed by atoms with van der Waals surface area (Å²) in [6.07, 6.45) is 11.1. The first-order chi connectivity index (χ1) is 37.8. The molecule has 4 aromatic carbocycles. The second-order valence-corrected chi connectivity index (χ2v) is 19.7. The van der Waals surface area contributed by atoms with Crippen LogP contribution in [0, 0.1) is 5.92 Å². The lowest BCUT2D eigenvalue weighted by atomic mass is 9.96. The van der Waals surface area contributed by atoms with E-state index in [1.807, 2.05) is 106 Å². The van der Waals surface area contributed by atoms with Crippen LogP contribution in [0.4, 0.5) is 41.9 Å². The topological polar surface area (TPSA) is 234 Å². The number of hydrogen-bond donors (Lipinski definition) is 4. The highest BCUT2D eigenvalue weighted by atomic mass is 28.4. The van der Waals surface area contributed by atoms with Crippen molar-refractivity contribution in [2.45, 2.75) is 65.3 Å². The van der Waals surface area contributed by atoms with E-state index in [-0.39, 0.29) is 45.6 Å². The summed E-state index contributed by atoms with van der Waals surface area (Å²) in [6.45, 7) is 13.6. The first-order valence-electron chi connectivity index (χ1n) is 25.8. The van der Waals surface area contributed by atoms with Gasteiger partial charge in [0, 0.05) is 60.8 Å². The van der Waals surface area contributed by atoms with Gasteiger partial charge in [0.05, 0.1) is 0 Å². The van der Waals surface area contributed by atoms with E-state index in [1.165, 1.54) is 0 Å². The van der Waals surface area contributed by atoms with Crippen molar-refractivity contribution in [3.8, 4) is 0 Å². The van der Waals surface area contributed by atoms with Crippen molar-refractivity contribution in [2.24, 2.45) is 5.92 Å². The van der Waals surface area contributed by atoms with E-state index >= 15 is 0 Å². The molecule has 0 radical (unpaired) electrons. The van der Waals surface area contributed by atoms with Gasteiger partial charge in [0.2, 0.25) is 0 Å². The van der Waals surface area contributed by atoms with E-state index in [0.29, 0.717) is 67.9 Å². The third kappa shape index (κ3) is 25.7. The maximum atomic E-state index is 12.8. The molecule has 418 valence electrons. The molecule has 0 spiro atoms. The Morgan fingerprint density at radius 3 is 1.21 bits per heavy atom. The number of amides is 4. The van der Waals surface area contributed by atoms with Crippen LogP contribution in [0.15, 0.2) is 147 Å². The predicted molar refractivity (Wildman–Crippen MR) is 299 cm³/mol. The molecule has 4 aromatic rings. The summed E-state index contributed by atoms with van der Waals surface area (Å²) in [7, 11) is -2.90. The van der Waals surface area contributed by atoms with E-state index in [1.54, 1.807) is 36.4 Å². The first-order valence-corrected chi connectivity index (χ1v) is 27.7. The van der Waals surface area contributed by atoms with Gasteiger partial charge in [0.25, 0.3) is 0 Å². The average Bonchev–Trinajstić information content (AvgIpc) is 3.42. The minimum Gasteiger partial charge on any atom is -0.459 e. The Bertz CT molecular complexity index is 2610. The van der Waals surface area contributed by atoms with Crippen LogP contribution in [0.5, 0.6) is 0 Å². The number of nitrogens with one attached hydrogen (secondary N) is 4. The first kappa shape index (κ1) is 62.5. The van der Waals surface area contributed by atoms with Gasteiger partial charge < -0.3 is 41.7 Å². The Kier molecular flexibility index (Phi) is 28.9. The molecule has 4 amide bonds. The largest absolute Gasteiger partial charge is 0.500 e. The molecule has 0 heterocycles. The van der Waals surface area contributed by atoms with Gasteiger partial charge in [-0.3, -0.25) is 21.3 Å². The third-order valence-electron chi connectivity index (χ3n) is 11.1. The van der Waals surface area contributed by atoms with E-state index in [9.17, 15) is 28.8 Å². The summed E-state index contributed by atoms with van der Waals surface area (Å²) in [5.41, 5.74) is 5.82. The van der Waals surface area contributed by atoms with Crippen LogP contribution in [0.25, 0.3) is 0 Å². The zero-order valence-corrected chi connectivity index (χ0v) is 45.6. The fourth-order valence-corrected chi connectivity index (χ4v) is 10.4. The van der Waals surface area contributed by atoms with E-state index in [2.05, 4.69) is 34.4 Å². The quantitative estimate of drug-likeness (QED) is 0.00850. The number of anilines is 4. The smallest absolute Gasteiger partial charge is 0.459 e. The number of hydrogen-bond acceptors (Lipinski definition) is 15. The molecule has 20 heteroatoms. The Balaban J connectivity index is 1.23. The Morgan fingerprint density at radius 2 is 0.833 bits per heavy atom. The van der Waals surface area contributed by atoms with Crippen molar-refractivity contribution in [2.75, 3.05) is 80.7 Å². The predicted octanol–water partition coefficient (Wildman–Crippen LogP) is 11.6. The number of carbonyl (C=O) groups is 6. The molecule has 0 fully saturated rings. The molecule has 19 nitrogen and oxygen atoms in total. The number of benzene rings is 4. The van der Waals surface area contributed by atoms with Gasteiger partial charge in [0.15, 0.2) is 0 Å². The van der Waals surface area contributed by atoms with Gasteiger partial charge in [-0.2, -0.15) is 0 Å². The standard InChI is InChI=1S/C58H72N4O15Si/c1-6-53(63)69-33-35-73-57(67)61-51-28-18-24-47(42-51)38-45-22-16-26-49(40-45)59-55(65)71-31-14-11-12-20-44(30-37-78(75-8-3,76-9-4)77-10-5)21-13-15-32-72-56(66)60-50-27-17-23-46(41-50)39-48-25-19-29-52(43-48)62-58(68)74-36-34-70-54(64)7-2/h6-7,11,13-19,22-29,40-44H,1-2,8-10,12,20-21,30-39H2,3-5H3,(H,59,65)(H,60,66)(H,61,67)(H,62,68). The highest BCUT2D eigenvalue weighted by molar-refractivity contribution is 6.60. The van der Waals surface area contributed by atoms with E-state index in [0.717, 1.165) is 53.7 Å². The summed E-state index contributed by atoms with van der Waals surface area (Å²) in [6, 6.07) is 29.9. The van der Waals surface area contributed by atoms with Gasteiger partial charge in [-0.1, -0.05) is 86.0 Å². The molecule has 78 heavy (non-hydrogen) atoms. The Labute approximate surface area is 457 Å². The Morgan fingerprint density at radius 1 is 0.474 bits per heavy atom. The zero-order chi connectivity index (χ0) is 56.2. The Hall–Kier alpha value is -8.04. The number of rotatable bonds is 34. The molecule has 0 bridgehead atoms. The van der Waals surface area contributed by atoms with Crippen molar-refractivity contribution in [1.82, 2.24) is 0 Å². The molecule has 0 aliphatic heterocycles. The lowest BCUT2D eigenvalue weighted by molar-refractivity contribution is -0.139. The molecule has 1 unspecified atom stereocenters. The lowest BCUT2D eigenvalue weighted by Gasteiger charge is -2.29. The fourth-order valence-electron chi connectivity index (χ4n) is 7.68. The van der Waals surface area contributed by atoms with Gasteiger partial charge in [-0.15, -0.1) is 0 Å². The number of allylic oxidation sites excluding steroid dienone is 2. The van der Waals surface area contributed by atoms with Crippen molar-refractivity contribution < 1.29 is 70.5 Å². The fraction of sp³-hybridized carbons (Fsp3) is 0.345. The number of carbonyl (C=O) groups excluding carboxylic acids is 6. The third-order valence-corrected chi connectivity index (χ3v) is 14.2. The summed E-state index contributed by atoms with van der Waals surface area (Å²) < 4.78 is 49.1. The van der Waals surface area contributed by atoms with Gasteiger partial charge in [-0.25, -0.2) is 28.8 Å². The van der Waals surface area contributed by atoms with Crippen LogP contribution in [-0.2, 0) is 64.1 Å². The molecule has 0 aliphatic carbocycles. The molecule has 1 atom stereocenters. The molecular formula is C58H72N4O15Si. The maximum Gasteiger partial charge on any atom is 0.500 e. The summed E-state index contributed by atoms with van der Waals surface area (Å²) in [4.78, 5) is 72.3.